The standard InChI is InChI=1S/C25H31N3O7/c1-6-35-25(31)17-7-8-20(28-11-9-27(10-12-28)16(2)29)19(13-17)26-24(30)18-14-21(32-3)23(34-5)22(15-18)33-4/h7-8,13-15H,6,9-12H2,1-5H3,(H,26,30). The molecular formula is C25H31N3O7. The highest BCUT2D eigenvalue weighted by atomic mass is 16.5. The molecule has 2 amide bonds. The van der Waals surface area contributed by atoms with Crippen molar-refractivity contribution in [3.05, 3.63) is 41.5 Å². The number of benzene rings is 2. The summed E-state index contributed by atoms with van der Waals surface area (Å²) < 4.78 is 21.2. The fourth-order valence-electron chi connectivity index (χ4n) is 3.92. The van der Waals surface area contributed by atoms with Gasteiger partial charge >= 0.3 is 5.97 Å². The Balaban J connectivity index is 1.95. The summed E-state index contributed by atoms with van der Waals surface area (Å²) in [6.07, 6.45) is 0. The van der Waals surface area contributed by atoms with Crippen molar-refractivity contribution in [3.63, 3.8) is 0 Å². The zero-order valence-corrected chi connectivity index (χ0v) is 20.7. The number of methoxy groups -OCH3 is 3. The van der Waals surface area contributed by atoms with Gasteiger partial charge in [-0.15, -0.1) is 0 Å². The van der Waals surface area contributed by atoms with E-state index in [1.807, 2.05) is 0 Å². The molecule has 188 valence electrons. The van der Waals surface area contributed by atoms with Crippen LogP contribution in [-0.4, -0.2) is 76.8 Å². The molecule has 2 aromatic rings. The van der Waals surface area contributed by atoms with Crippen molar-refractivity contribution in [2.45, 2.75) is 13.8 Å². The van der Waals surface area contributed by atoms with Crippen LogP contribution in [0, 0.1) is 0 Å². The van der Waals surface area contributed by atoms with Crippen LogP contribution in [-0.2, 0) is 9.53 Å². The quantitative estimate of drug-likeness (QED) is 0.569. The summed E-state index contributed by atoms with van der Waals surface area (Å²) in [5.74, 6) is 0.187. The number of amides is 2. The molecule has 0 unspecified atom stereocenters. The maximum atomic E-state index is 13.3. The molecule has 1 aliphatic heterocycles. The lowest BCUT2D eigenvalue weighted by Crippen LogP contribution is -2.48. The molecule has 10 heteroatoms. The number of carbonyl (C=O) groups is 3. The molecule has 2 aromatic carbocycles. The summed E-state index contributed by atoms with van der Waals surface area (Å²) in [6.45, 7) is 5.82. The van der Waals surface area contributed by atoms with Gasteiger partial charge in [0.25, 0.3) is 5.91 Å². The molecular weight excluding hydrogens is 454 g/mol. The summed E-state index contributed by atoms with van der Waals surface area (Å²) in [4.78, 5) is 41.2. The first kappa shape index (κ1) is 25.7. The number of ether oxygens (including phenoxy) is 4. The lowest BCUT2D eigenvalue weighted by atomic mass is 10.1. The topological polar surface area (TPSA) is 107 Å². The van der Waals surface area contributed by atoms with E-state index in [9.17, 15) is 14.4 Å². The number of nitrogens with zero attached hydrogens (tertiary/aromatic N) is 2. The van der Waals surface area contributed by atoms with Crippen LogP contribution in [0.3, 0.4) is 0 Å². The molecule has 0 saturated carbocycles. The number of rotatable bonds is 8. The average molecular weight is 486 g/mol. The Kier molecular flexibility index (Phi) is 8.40. The molecule has 35 heavy (non-hydrogen) atoms. The maximum absolute atomic E-state index is 13.3. The molecule has 0 aliphatic carbocycles. The second-order valence-electron chi connectivity index (χ2n) is 7.81. The molecule has 1 aliphatic rings. The third-order valence-electron chi connectivity index (χ3n) is 5.75. The van der Waals surface area contributed by atoms with E-state index in [0.717, 1.165) is 5.69 Å². The van der Waals surface area contributed by atoms with E-state index >= 15 is 0 Å². The molecule has 1 fully saturated rings. The first-order chi connectivity index (χ1) is 16.8. The summed E-state index contributed by atoms with van der Waals surface area (Å²) in [5.41, 5.74) is 1.79. The SMILES string of the molecule is CCOC(=O)c1ccc(N2CCN(C(C)=O)CC2)c(NC(=O)c2cc(OC)c(OC)c(OC)c2)c1. The average Bonchev–Trinajstić information content (AvgIpc) is 2.87. The summed E-state index contributed by atoms with van der Waals surface area (Å²) in [5, 5.41) is 2.91. The van der Waals surface area contributed by atoms with Gasteiger partial charge in [-0.25, -0.2) is 4.79 Å². The van der Waals surface area contributed by atoms with E-state index in [2.05, 4.69) is 10.2 Å². The van der Waals surface area contributed by atoms with Gasteiger partial charge in [0.05, 0.1) is 44.9 Å². The van der Waals surface area contributed by atoms with Crippen molar-refractivity contribution < 1.29 is 33.3 Å². The molecule has 1 saturated heterocycles. The van der Waals surface area contributed by atoms with Crippen LogP contribution in [0.5, 0.6) is 17.2 Å². The molecule has 0 aromatic heterocycles. The number of carbonyl (C=O) groups excluding carboxylic acids is 3. The van der Waals surface area contributed by atoms with Crippen molar-refractivity contribution in [2.75, 3.05) is 64.3 Å². The Hall–Kier alpha value is -3.95. The number of piperazine rings is 1. The highest BCUT2D eigenvalue weighted by molar-refractivity contribution is 6.07. The first-order valence-electron chi connectivity index (χ1n) is 11.3. The Labute approximate surface area is 204 Å². The predicted molar refractivity (Wildman–Crippen MR) is 131 cm³/mol. The van der Waals surface area contributed by atoms with Crippen molar-refractivity contribution >= 4 is 29.2 Å². The number of hydrogen-bond donors (Lipinski definition) is 1. The second kappa shape index (κ2) is 11.5. The Morgan fingerprint density at radius 3 is 2.03 bits per heavy atom. The van der Waals surface area contributed by atoms with Crippen LogP contribution in [0.25, 0.3) is 0 Å². The number of esters is 1. The maximum Gasteiger partial charge on any atom is 0.338 e. The monoisotopic (exact) mass is 485 g/mol. The molecule has 0 bridgehead atoms. The van der Waals surface area contributed by atoms with Gasteiger partial charge in [-0.1, -0.05) is 0 Å². The Morgan fingerprint density at radius 2 is 1.51 bits per heavy atom. The van der Waals surface area contributed by atoms with Crippen LogP contribution in [0.2, 0.25) is 0 Å². The lowest BCUT2D eigenvalue weighted by Gasteiger charge is -2.36. The third-order valence-corrected chi connectivity index (χ3v) is 5.75. The van der Waals surface area contributed by atoms with Crippen LogP contribution in [0.4, 0.5) is 11.4 Å². The minimum Gasteiger partial charge on any atom is -0.493 e. The van der Waals surface area contributed by atoms with Crippen molar-refractivity contribution in [2.24, 2.45) is 0 Å². The molecule has 1 heterocycles. The molecule has 0 atom stereocenters. The van der Waals surface area contributed by atoms with Gasteiger partial charge < -0.3 is 34.1 Å². The molecule has 0 radical (unpaired) electrons. The zero-order valence-electron chi connectivity index (χ0n) is 20.7. The fourth-order valence-corrected chi connectivity index (χ4v) is 3.92. The second-order valence-corrected chi connectivity index (χ2v) is 7.81. The smallest absolute Gasteiger partial charge is 0.338 e. The summed E-state index contributed by atoms with van der Waals surface area (Å²) >= 11 is 0. The molecule has 0 spiro atoms. The minimum atomic E-state index is -0.483. The van der Waals surface area contributed by atoms with Crippen molar-refractivity contribution in [1.82, 2.24) is 4.90 Å². The van der Waals surface area contributed by atoms with Gasteiger partial charge in [-0.05, 0) is 37.3 Å². The van der Waals surface area contributed by atoms with Crippen LogP contribution in [0.1, 0.15) is 34.6 Å². The van der Waals surface area contributed by atoms with E-state index in [1.165, 1.54) is 21.3 Å². The van der Waals surface area contributed by atoms with E-state index in [0.29, 0.717) is 54.7 Å². The lowest BCUT2D eigenvalue weighted by molar-refractivity contribution is -0.129. The van der Waals surface area contributed by atoms with Gasteiger partial charge in [0.15, 0.2) is 11.5 Å². The predicted octanol–water partition coefficient (Wildman–Crippen LogP) is 2.81. The normalized spacial score (nSPS) is 13.2. The van der Waals surface area contributed by atoms with E-state index in [4.69, 9.17) is 18.9 Å². The fraction of sp³-hybridized carbons (Fsp3) is 0.400. The van der Waals surface area contributed by atoms with Gasteiger partial charge in [-0.2, -0.15) is 0 Å². The van der Waals surface area contributed by atoms with Crippen LogP contribution in [0.15, 0.2) is 30.3 Å². The van der Waals surface area contributed by atoms with E-state index < -0.39 is 11.9 Å². The summed E-state index contributed by atoms with van der Waals surface area (Å²) in [7, 11) is 4.43. The Bertz CT molecular complexity index is 1070. The van der Waals surface area contributed by atoms with Crippen molar-refractivity contribution in [1.29, 1.82) is 0 Å². The molecule has 10 nitrogen and oxygen atoms in total. The molecule has 1 N–H and O–H groups in total. The zero-order chi connectivity index (χ0) is 25.5. The highest BCUT2D eigenvalue weighted by Crippen LogP contribution is 2.38. The van der Waals surface area contributed by atoms with Gasteiger partial charge in [0.1, 0.15) is 0 Å². The van der Waals surface area contributed by atoms with Gasteiger partial charge in [0.2, 0.25) is 11.7 Å². The third kappa shape index (κ3) is 5.76. The van der Waals surface area contributed by atoms with Crippen LogP contribution >= 0.6 is 0 Å². The molecule has 3 rings (SSSR count). The highest BCUT2D eigenvalue weighted by Gasteiger charge is 2.24. The number of anilines is 2. The van der Waals surface area contributed by atoms with Crippen LogP contribution < -0.4 is 24.4 Å². The van der Waals surface area contributed by atoms with Crippen molar-refractivity contribution in [3.8, 4) is 17.2 Å². The van der Waals surface area contributed by atoms with E-state index in [-0.39, 0.29) is 18.1 Å². The van der Waals surface area contributed by atoms with Gasteiger partial charge in [-0.3, -0.25) is 9.59 Å². The minimum absolute atomic E-state index is 0.0261. The van der Waals surface area contributed by atoms with E-state index in [1.54, 1.807) is 49.1 Å². The van der Waals surface area contributed by atoms with Gasteiger partial charge in [0, 0.05) is 38.7 Å². The number of nitrogens with one attached hydrogen (secondary N) is 1. The first-order valence-corrected chi connectivity index (χ1v) is 11.3. The number of hydrogen-bond acceptors (Lipinski definition) is 8. The summed E-state index contributed by atoms with van der Waals surface area (Å²) in [6, 6.07) is 8.15. The Morgan fingerprint density at radius 1 is 0.886 bits per heavy atom. The largest absolute Gasteiger partial charge is 0.493 e.